The summed E-state index contributed by atoms with van der Waals surface area (Å²) in [6.45, 7) is 0.279. The molecule has 3 heterocycles. The predicted molar refractivity (Wildman–Crippen MR) is 125 cm³/mol. The van der Waals surface area contributed by atoms with Crippen molar-refractivity contribution in [3.05, 3.63) is 82.6 Å². The molecular formula is C26H18LiNO6S. The van der Waals surface area contributed by atoms with Crippen molar-refractivity contribution in [2.45, 2.75) is 17.7 Å². The van der Waals surface area contributed by atoms with E-state index in [1.807, 2.05) is 60.7 Å². The Bertz CT molecular complexity index is 1510. The summed E-state index contributed by atoms with van der Waals surface area (Å²) < 4.78 is 18.5. The summed E-state index contributed by atoms with van der Waals surface area (Å²) in [5.41, 5.74) is 1.80. The van der Waals surface area contributed by atoms with E-state index in [2.05, 4.69) is 0 Å². The molecule has 0 spiro atoms. The van der Waals surface area contributed by atoms with Crippen LogP contribution in [-0.4, -0.2) is 23.1 Å². The molecule has 0 saturated carbocycles. The molecule has 6 rings (SSSR count). The fourth-order valence-electron chi connectivity index (χ4n) is 4.44. The van der Waals surface area contributed by atoms with Gasteiger partial charge < -0.3 is 24.1 Å². The molecule has 0 unspecified atom stereocenters. The molecule has 9 heteroatoms. The maximum atomic E-state index is 13.0. The zero-order valence-corrected chi connectivity index (χ0v) is 19.7. The molecule has 7 nitrogen and oxygen atoms in total. The van der Waals surface area contributed by atoms with Gasteiger partial charge in [0.2, 0.25) is 6.79 Å². The fourth-order valence-corrected chi connectivity index (χ4v) is 5.79. The zero-order valence-electron chi connectivity index (χ0n) is 18.9. The third kappa shape index (κ3) is 4.08. The van der Waals surface area contributed by atoms with Crippen molar-refractivity contribution in [2.24, 2.45) is 0 Å². The number of aromatic nitrogens is 1. The second-order valence-electron chi connectivity index (χ2n) is 8.04. The fraction of sp³-hybridized carbons (Fsp3) is 0.154. The summed E-state index contributed by atoms with van der Waals surface area (Å²) in [7, 11) is 0. The Morgan fingerprint density at radius 3 is 2.71 bits per heavy atom. The van der Waals surface area contributed by atoms with E-state index in [4.69, 9.17) is 14.2 Å². The number of thioether (sulfide) groups is 1. The van der Waals surface area contributed by atoms with Gasteiger partial charge in [0.1, 0.15) is 12.4 Å². The molecule has 170 valence electrons. The Balaban J connectivity index is 0.00000253. The Kier molecular flexibility index (Phi) is 6.28. The smallest absolute Gasteiger partial charge is 0.548 e. The van der Waals surface area contributed by atoms with Crippen molar-refractivity contribution in [1.29, 1.82) is 0 Å². The van der Waals surface area contributed by atoms with Gasteiger partial charge in [-0.1, -0.05) is 42.5 Å². The van der Waals surface area contributed by atoms with E-state index >= 15 is 0 Å². The molecule has 0 fully saturated rings. The number of hydrogen-bond donors (Lipinski definition) is 0. The Labute approximate surface area is 216 Å². The van der Waals surface area contributed by atoms with Crippen LogP contribution in [0.25, 0.3) is 21.9 Å². The number of carboxylic acids is 1. The minimum absolute atomic E-state index is 0. The second kappa shape index (κ2) is 9.38. The first-order valence-electron chi connectivity index (χ1n) is 10.7. The summed E-state index contributed by atoms with van der Waals surface area (Å²) >= 11 is 1.33. The third-order valence-corrected chi connectivity index (χ3v) is 7.20. The van der Waals surface area contributed by atoms with E-state index in [0.29, 0.717) is 27.8 Å². The summed E-state index contributed by atoms with van der Waals surface area (Å²) in [6.07, 6.45) is 0. The van der Waals surface area contributed by atoms with Crippen LogP contribution in [0.3, 0.4) is 0 Å². The molecule has 2 aliphatic heterocycles. The number of pyridine rings is 1. The van der Waals surface area contributed by atoms with Crippen LogP contribution in [0.1, 0.15) is 11.6 Å². The minimum Gasteiger partial charge on any atom is -0.548 e. The van der Waals surface area contributed by atoms with Gasteiger partial charge in [0, 0.05) is 28.3 Å². The standard InChI is InChI=1S/C26H19NO6S.Li/c28-23-11-17(12-31-20-7-3-5-15-4-1-2-6-18(15)20)24(25-27(23)19(13-34-25)26(29)30)16-8-9-21-22(10-16)33-14-32-21;/h1-11,19H,12-14H2,(H,29,30);/q;+1/p-1/t19-;/m0./s1. The van der Waals surface area contributed by atoms with Crippen LogP contribution in [-0.2, 0) is 11.4 Å². The van der Waals surface area contributed by atoms with Gasteiger partial charge in [0.15, 0.2) is 11.5 Å². The van der Waals surface area contributed by atoms with Crippen LogP contribution in [0, 0.1) is 0 Å². The van der Waals surface area contributed by atoms with E-state index in [0.717, 1.165) is 21.9 Å². The summed E-state index contributed by atoms with van der Waals surface area (Å²) in [6, 6.07) is 19.7. The first-order valence-corrected chi connectivity index (χ1v) is 11.7. The minimum atomic E-state index is -1.27. The van der Waals surface area contributed by atoms with Crippen LogP contribution in [0.5, 0.6) is 17.2 Å². The summed E-state index contributed by atoms with van der Waals surface area (Å²) in [5, 5.41) is 14.3. The van der Waals surface area contributed by atoms with Crippen molar-refractivity contribution >= 4 is 28.5 Å². The molecule has 3 aromatic carbocycles. The maximum absolute atomic E-state index is 13.0. The molecule has 4 aromatic rings. The van der Waals surface area contributed by atoms with Gasteiger partial charge in [-0.2, -0.15) is 0 Å². The molecule has 0 bridgehead atoms. The van der Waals surface area contributed by atoms with E-state index < -0.39 is 17.6 Å². The van der Waals surface area contributed by atoms with Gasteiger partial charge in [-0.25, -0.2) is 0 Å². The van der Waals surface area contributed by atoms with Gasteiger partial charge in [0.05, 0.1) is 17.0 Å². The molecule has 0 N–H and O–H groups in total. The van der Waals surface area contributed by atoms with Crippen molar-refractivity contribution in [3.8, 4) is 28.4 Å². The van der Waals surface area contributed by atoms with Gasteiger partial charge >= 0.3 is 18.9 Å². The van der Waals surface area contributed by atoms with Crippen molar-refractivity contribution < 1.29 is 43.0 Å². The van der Waals surface area contributed by atoms with Crippen LogP contribution in [0.15, 0.2) is 76.6 Å². The monoisotopic (exact) mass is 479 g/mol. The van der Waals surface area contributed by atoms with E-state index in [1.165, 1.54) is 22.4 Å². The number of nitrogens with zero attached hydrogens (tertiary/aromatic N) is 1. The van der Waals surface area contributed by atoms with E-state index in [1.54, 1.807) is 0 Å². The average molecular weight is 479 g/mol. The predicted octanol–water partition coefficient (Wildman–Crippen LogP) is 0.377. The number of hydrogen-bond acceptors (Lipinski definition) is 7. The number of rotatable bonds is 5. The van der Waals surface area contributed by atoms with Crippen LogP contribution < -0.4 is 43.7 Å². The zero-order chi connectivity index (χ0) is 23.2. The maximum Gasteiger partial charge on any atom is 1.00 e. The summed E-state index contributed by atoms with van der Waals surface area (Å²) in [4.78, 5) is 24.7. The quantitative estimate of drug-likeness (QED) is 0.383. The Morgan fingerprint density at radius 2 is 1.86 bits per heavy atom. The number of carbonyl (C=O) groups excluding carboxylic acids is 1. The number of carboxylic acid groups (broad SMARTS) is 1. The number of aliphatic carboxylic acids is 1. The van der Waals surface area contributed by atoms with Crippen molar-refractivity contribution in [2.75, 3.05) is 12.5 Å². The van der Waals surface area contributed by atoms with E-state index in [9.17, 15) is 14.7 Å². The molecule has 0 radical (unpaired) electrons. The molecule has 0 aliphatic carbocycles. The first-order chi connectivity index (χ1) is 16.6. The second-order valence-corrected chi connectivity index (χ2v) is 9.05. The van der Waals surface area contributed by atoms with Crippen molar-refractivity contribution in [3.63, 3.8) is 0 Å². The third-order valence-electron chi connectivity index (χ3n) is 6.04. The Hall–Kier alpha value is -3.31. The van der Waals surface area contributed by atoms with E-state index in [-0.39, 0.29) is 38.0 Å². The molecule has 35 heavy (non-hydrogen) atoms. The normalized spacial score (nSPS) is 15.5. The largest absolute Gasteiger partial charge is 1.00 e. The molecule has 0 saturated heterocycles. The molecule has 1 atom stereocenters. The molecule has 2 aliphatic rings. The number of benzene rings is 3. The van der Waals surface area contributed by atoms with Crippen LogP contribution in [0.4, 0.5) is 0 Å². The van der Waals surface area contributed by atoms with Crippen LogP contribution in [0.2, 0.25) is 0 Å². The molecular weight excluding hydrogens is 461 g/mol. The van der Waals surface area contributed by atoms with Crippen LogP contribution >= 0.6 is 11.8 Å². The molecule has 1 aromatic heterocycles. The summed E-state index contributed by atoms with van der Waals surface area (Å²) in [5.74, 6) is 0.897. The van der Waals surface area contributed by atoms with Gasteiger partial charge in [0.25, 0.3) is 5.56 Å². The number of fused-ring (bicyclic) bond motifs is 3. The molecule has 0 amide bonds. The number of carbonyl (C=O) groups is 1. The average Bonchev–Trinajstić information content (AvgIpc) is 3.50. The van der Waals surface area contributed by atoms with Gasteiger partial charge in [-0.05, 0) is 29.1 Å². The number of ether oxygens (including phenoxy) is 3. The van der Waals surface area contributed by atoms with Gasteiger partial charge in [-0.3, -0.25) is 9.36 Å². The van der Waals surface area contributed by atoms with Gasteiger partial charge in [-0.15, -0.1) is 11.8 Å². The Morgan fingerprint density at radius 1 is 1.06 bits per heavy atom. The SMILES string of the molecule is O=C([O-])[C@@H]1CSc2c(-c3ccc4c(c3)OCO4)c(COc3cccc4ccccc34)cc(=O)n21.[Li+]. The first kappa shape index (κ1) is 23.4. The topological polar surface area (TPSA) is 89.8 Å². The van der Waals surface area contributed by atoms with Crippen molar-refractivity contribution in [1.82, 2.24) is 4.57 Å².